The molecule has 1 fully saturated rings. The van der Waals surface area contributed by atoms with E-state index < -0.39 is 113 Å². The smallest absolute Gasteiger partial charge is 0.462 e. The number of aliphatic hydroxyl groups is 8. The predicted molar refractivity (Wildman–Crippen MR) is 243 cm³/mol. The van der Waals surface area contributed by atoms with E-state index >= 15 is 0 Å². The second-order valence-electron chi connectivity index (χ2n) is 17.5. The Balaban J connectivity index is 2.17. The summed E-state index contributed by atoms with van der Waals surface area (Å²) in [5.41, 5.74) is 0. The van der Waals surface area contributed by atoms with Crippen LogP contribution in [0.2, 0.25) is 0 Å². The van der Waals surface area contributed by atoms with Crippen molar-refractivity contribution in [3.8, 4) is 0 Å². The van der Waals surface area contributed by atoms with E-state index in [2.05, 4.69) is 19.1 Å². The van der Waals surface area contributed by atoms with E-state index in [1.165, 1.54) is 44.6 Å². The number of ether oxygens (including phenoxy) is 3. The highest BCUT2D eigenvalue weighted by atomic mass is 31.2. The van der Waals surface area contributed by atoms with E-state index in [9.17, 15) is 59.9 Å². The van der Waals surface area contributed by atoms with Crippen molar-refractivity contribution in [2.45, 2.75) is 229 Å². The molecule has 378 valence electrons. The molecule has 0 amide bonds. The Bertz CT molecular complexity index is 1410. The van der Waals surface area contributed by atoms with Crippen LogP contribution in [-0.2, 0) is 37.4 Å². The highest BCUT2D eigenvalue weighted by molar-refractivity contribution is 7.47. The molecule has 0 saturated carbocycles. The third-order valence-electron chi connectivity index (χ3n) is 11.8. The van der Waals surface area contributed by atoms with Gasteiger partial charge in [0.2, 0.25) is 0 Å². The van der Waals surface area contributed by atoms with Gasteiger partial charge in [0.1, 0.15) is 43.2 Å². The first-order valence-electron chi connectivity index (χ1n) is 24.2. The Morgan fingerprint density at radius 3 is 2.11 bits per heavy atom. The van der Waals surface area contributed by atoms with Crippen LogP contribution in [0.4, 0.5) is 0 Å². The molecular weight excluding hydrogens is 867 g/mol. The van der Waals surface area contributed by atoms with Gasteiger partial charge in [-0.25, -0.2) is 4.57 Å². The fourth-order valence-electron chi connectivity index (χ4n) is 7.74. The van der Waals surface area contributed by atoms with Crippen molar-refractivity contribution in [2.24, 2.45) is 5.92 Å². The summed E-state index contributed by atoms with van der Waals surface area (Å²) in [6, 6.07) is 0. The minimum atomic E-state index is -5.47. The van der Waals surface area contributed by atoms with Gasteiger partial charge < -0.3 is 60.0 Å². The topological polar surface area (TPSA) is 279 Å². The molecule has 0 radical (unpaired) electrons. The van der Waals surface area contributed by atoms with Crippen LogP contribution in [0.3, 0.4) is 0 Å². The fourth-order valence-corrected chi connectivity index (χ4v) is 8.71. The number of aliphatic hydroxyl groups excluding tert-OH is 8. The molecule has 2 heterocycles. The van der Waals surface area contributed by atoms with Gasteiger partial charge in [0, 0.05) is 25.2 Å². The molecule has 0 aromatic heterocycles. The monoisotopic (exact) mass is 951 g/mol. The van der Waals surface area contributed by atoms with Crippen LogP contribution in [0.1, 0.15) is 162 Å². The number of allylic oxidation sites excluding steroid dienone is 4. The SMILES string of the molecule is CCCCCCCC/C=C\CCCCCCCC(=O)OC[C@@H]1COP(=O)(O)O[C@H]2[C@H](O)[C@@H](O)[C@H](O)[C@@H](C/C=C\CCCC(=O)O1)[C@@H](O)CC(O)O[C@H](C=C[C@@H](O)CCCCC)[C@@H](O)[C@H]2O. The lowest BCUT2D eigenvalue weighted by atomic mass is 9.83. The van der Waals surface area contributed by atoms with Crippen molar-refractivity contribution in [2.75, 3.05) is 13.2 Å². The molecule has 0 aliphatic carbocycles. The van der Waals surface area contributed by atoms with Crippen LogP contribution in [0.5, 0.6) is 0 Å². The molecular formula is C47H83O17P. The first-order valence-corrected chi connectivity index (χ1v) is 25.7. The fraction of sp³-hybridized carbons (Fsp3) is 0.830. The number of phosphoric acid groups is 1. The van der Waals surface area contributed by atoms with Gasteiger partial charge in [0.15, 0.2) is 12.4 Å². The molecule has 17 nitrogen and oxygen atoms in total. The number of hydrogen-bond donors (Lipinski definition) is 9. The number of hydrogen-bond acceptors (Lipinski definition) is 16. The number of fused-ring (bicyclic) bond motifs is 4. The van der Waals surface area contributed by atoms with E-state index in [0.29, 0.717) is 25.7 Å². The number of unbranched alkanes of at least 4 members (excludes halogenated alkanes) is 13. The molecule has 2 bridgehead atoms. The average molecular weight is 951 g/mol. The Morgan fingerprint density at radius 2 is 1.43 bits per heavy atom. The van der Waals surface area contributed by atoms with Crippen molar-refractivity contribution in [1.29, 1.82) is 0 Å². The van der Waals surface area contributed by atoms with Crippen LogP contribution in [0, 0.1) is 5.92 Å². The van der Waals surface area contributed by atoms with Crippen LogP contribution in [0.15, 0.2) is 36.5 Å². The van der Waals surface area contributed by atoms with Crippen molar-refractivity contribution >= 4 is 19.8 Å². The second-order valence-corrected chi connectivity index (χ2v) is 18.9. The van der Waals surface area contributed by atoms with Crippen LogP contribution in [0.25, 0.3) is 0 Å². The summed E-state index contributed by atoms with van der Waals surface area (Å²) < 4.78 is 40.2. The maximum Gasteiger partial charge on any atom is 0.472 e. The van der Waals surface area contributed by atoms with Gasteiger partial charge in [-0.3, -0.25) is 18.6 Å². The summed E-state index contributed by atoms with van der Waals surface area (Å²) in [7, 11) is -5.47. The lowest BCUT2D eigenvalue weighted by Crippen LogP contribution is -2.58. The summed E-state index contributed by atoms with van der Waals surface area (Å²) in [5.74, 6) is -2.62. The Hall–Kier alpha value is -2.09. The highest BCUT2D eigenvalue weighted by Crippen LogP contribution is 2.47. The quantitative estimate of drug-likeness (QED) is 0.0265. The number of carbonyl (C=O) groups excluding carboxylic acids is 2. The minimum Gasteiger partial charge on any atom is -0.462 e. The van der Waals surface area contributed by atoms with Crippen molar-refractivity contribution < 1.29 is 83.2 Å². The summed E-state index contributed by atoms with van der Waals surface area (Å²) in [6.07, 6.45) is 5.59. The lowest BCUT2D eigenvalue weighted by molar-refractivity contribution is -0.213. The number of carbonyl (C=O) groups is 2. The first-order chi connectivity index (χ1) is 31.1. The number of rotatable bonds is 23. The first kappa shape index (κ1) is 59.0. The van der Waals surface area contributed by atoms with E-state index in [-0.39, 0.29) is 25.7 Å². The normalized spacial score (nSPS) is 32.7. The molecule has 65 heavy (non-hydrogen) atoms. The summed E-state index contributed by atoms with van der Waals surface area (Å²) in [6.45, 7) is 2.78. The van der Waals surface area contributed by atoms with E-state index in [1.54, 1.807) is 12.2 Å². The molecule has 13 atom stereocenters. The maximum atomic E-state index is 13.5. The molecule has 2 unspecified atom stereocenters. The second kappa shape index (κ2) is 34.2. The van der Waals surface area contributed by atoms with Crippen LogP contribution in [-0.4, -0.2) is 138 Å². The summed E-state index contributed by atoms with van der Waals surface area (Å²) in [4.78, 5) is 36.4. The van der Waals surface area contributed by atoms with Gasteiger partial charge in [-0.1, -0.05) is 121 Å². The third-order valence-corrected chi connectivity index (χ3v) is 12.7. The van der Waals surface area contributed by atoms with Gasteiger partial charge in [-0.05, 0) is 57.8 Å². The zero-order chi connectivity index (χ0) is 48.0. The Kier molecular flexibility index (Phi) is 31.1. The zero-order valence-corrected chi connectivity index (χ0v) is 39.7. The van der Waals surface area contributed by atoms with Crippen LogP contribution < -0.4 is 0 Å². The molecule has 0 aromatic carbocycles. The standard InChI is InChI=1S/C47H83O17P/c1-3-5-7-8-9-10-11-12-13-14-15-16-17-18-23-27-39(50)60-32-35-33-61-65(58,59)64-47-45(56)43(54)38(30-29-34(48)25-21-6-4-2)63-41(52)31-37(49)36(42(53)44(55)46(47)57)26-22-19-20-24-28-40(51)62-35/h12-13,19,22,29-30,34-38,41-49,52-57H,3-11,14-18,20-21,23-28,31-33H2,1-2H3,(H,58,59)/b13-12-,22-19-,30-29?/t34-,35+,36-,37-,38+,41?,42+,43+,44-,45+,46+,47+/m0/s1. The van der Waals surface area contributed by atoms with Gasteiger partial charge in [0.25, 0.3) is 0 Å². The highest BCUT2D eigenvalue weighted by Gasteiger charge is 2.48. The van der Waals surface area contributed by atoms with Crippen molar-refractivity contribution in [1.82, 2.24) is 0 Å². The number of cyclic esters (lactones) is 1. The summed E-state index contributed by atoms with van der Waals surface area (Å²) >= 11 is 0. The molecule has 2 rings (SSSR count). The third kappa shape index (κ3) is 25.2. The molecule has 1 saturated heterocycles. The maximum absolute atomic E-state index is 13.5. The molecule has 9 N–H and O–H groups in total. The van der Waals surface area contributed by atoms with Gasteiger partial charge in [0.05, 0.1) is 24.9 Å². The van der Waals surface area contributed by atoms with Gasteiger partial charge >= 0.3 is 19.8 Å². The van der Waals surface area contributed by atoms with E-state index in [4.69, 9.17) is 23.3 Å². The zero-order valence-electron chi connectivity index (χ0n) is 38.8. The molecule has 2 aliphatic heterocycles. The Labute approximate surface area is 386 Å². The molecule has 0 aromatic rings. The lowest BCUT2D eigenvalue weighted by Gasteiger charge is -2.39. The summed E-state index contributed by atoms with van der Waals surface area (Å²) in [5, 5.41) is 89.2. The van der Waals surface area contributed by atoms with Crippen LogP contribution >= 0.6 is 7.82 Å². The number of esters is 2. The van der Waals surface area contributed by atoms with E-state index in [0.717, 1.165) is 57.4 Å². The minimum absolute atomic E-state index is 0.0915. The van der Waals surface area contributed by atoms with Gasteiger partial charge in [-0.15, -0.1) is 0 Å². The largest absolute Gasteiger partial charge is 0.472 e. The molecule has 2 aliphatic rings. The predicted octanol–water partition coefficient (Wildman–Crippen LogP) is 5.50. The average Bonchev–Trinajstić information content (AvgIpc) is 3.27. The van der Waals surface area contributed by atoms with Crippen molar-refractivity contribution in [3.05, 3.63) is 36.5 Å². The molecule has 0 spiro atoms. The Morgan fingerprint density at radius 1 is 0.815 bits per heavy atom. The molecule has 18 heteroatoms. The van der Waals surface area contributed by atoms with E-state index in [1.807, 2.05) is 6.92 Å². The van der Waals surface area contributed by atoms with Gasteiger partial charge in [-0.2, -0.15) is 0 Å². The number of phosphoric ester groups is 1. The van der Waals surface area contributed by atoms with Crippen molar-refractivity contribution in [3.63, 3.8) is 0 Å².